The van der Waals surface area contributed by atoms with Gasteiger partial charge in [0.05, 0.1) is 5.56 Å². The molecule has 0 atom stereocenters. The van der Waals surface area contributed by atoms with Crippen molar-refractivity contribution >= 4 is 46.4 Å². The molecule has 1 amide bonds. The van der Waals surface area contributed by atoms with Gasteiger partial charge < -0.3 is 5.32 Å². The molecule has 2 aromatic heterocycles. The molecule has 0 aliphatic rings. The number of pyridine rings is 1. The smallest absolute Gasteiger partial charge is 0.258 e. The number of hydrogen-bond donors (Lipinski definition) is 1. The molecule has 0 aliphatic carbocycles. The van der Waals surface area contributed by atoms with Crippen molar-refractivity contribution in [2.45, 2.75) is 0 Å². The van der Waals surface area contributed by atoms with Gasteiger partial charge in [-0.3, -0.25) is 4.79 Å². The number of aromatic nitrogens is 3. The molecular weight excluding hydrogens is 298 g/mol. The fraction of sp³-hybridized carbons (Fsp3) is 0. The topological polar surface area (TPSA) is 67.8 Å². The number of carbonyl (C=O) groups is 1. The lowest BCUT2D eigenvalue weighted by molar-refractivity contribution is 0.102. The molecule has 2 heterocycles. The second-order valence-electron chi connectivity index (χ2n) is 3.13. The fourth-order valence-electron chi connectivity index (χ4n) is 1.18. The minimum absolute atomic E-state index is 0.0448. The van der Waals surface area contributed by atoms with Crippen LogP contribution in [0.4, 0.5) is 5.69 Å². The zero-order chi connectivity index (χ0) is 13.1. The molecule has 0 saturated heterocycles. The summed E-state index contributed by atoms with van der Waals surface area (Å²) in [7, 11) is 0. The normalized spacial score (nSPS) is 10.2. The van der Waals surface area contributed by atoms with Crippen molar-refractivity contribution in [1.29, 1.82) is 0 Å². The first-order chi connectivity index (χ1) is 8.59. The van der Waals surface area contributed by atoms with E-state index in [-0.39, 0.29) is 26.7 Å². The molecule has 0 radical (unpaired) electrons. The van der Waals surface area contributed by atoms with Crippen molar-refractivity contribution < 1.29 is 4.79 Å². The molecule has 5 nitrogen and oxygen atoms in total. The maximum Gasteiger partial charge on any atom is 0.258 e. The van der Waals surface area contributed by atoms with Gasteiger partial charge in [0.2, 0.25) is 0 Å². The van der Waals surface area contributed by atoms with Gasteiger partial charge in [-0.2, -0.15) is 0 Å². The Labute approximate surface area is 117 Å². The summed E-state index contributed by atoms with van der Waals surface area (Å²) >= 11 is 17.4. The Hall–Kier alpha value is -1.43. The Morgan fingerprint density at radius 2 is 1.72 bits per heavy atom. The van der Waals surface area contributed by atoms with Gasteiger partial charge in [0, 0.05) is 6.20 Å². The third kappa shape index (κ3) is 2.69. The van der Waals surface area contributed by atoms with Gasteiger partial charge in [-0.25, -0.2) is 15.0 Å². The van der Waals surface area contributed by atoms with E-state index >= 15 is 0 Å². The lowest BCUT2D eigenvalue weighted by Gasteiger charge is -2.07. The summed E-state index contributed by atoms with van der Waals surface area (Å²) in [6, 6.07) is 3.11. The van der Waals surface area contributed by atoms with E-state index in [1.54, 1.807) is 6.07 Å². The predicted molar refractivity (Wildman–Crippen MR) is 69.3 cm³/mol. The number of halogens is 3. The molecule has 0 aliphatic heterocycles. The van der Waals surface area contributed by atoms with Gasteiger partial charge in [-0.15, -0.1) is 0 Å². The summed E-state index contributed by atoms with van der Waals surface area (Å²) in [6.45, 7) is 0. The molecule has 1 N–H and O–H groups in total. The molecule has 0 aromatic carbocycles. The maximum absolute atomic E-state index is 11.9. The van der Waals surface area contributed by atoms with E-state index in [1.165, 1.54) is 18.6 Å². The highest BCUT2D eigenvalue weighted by Crippen LogP contribution is 2.26. The van der Waals surface area contributed by atoms with Crippen molar-refractivity contribution in [2.24, 2.45) is 0 Å². The summed E-state index contributed by atoms with van der Waals surface area (Å²) in [5, 5.41) is 2.66. The summed E-state index contributed by atoms with van der Waals surface area (Å²) in [5.41, 5.74) is 0.334. The van der Waals surface area contributed by atoms with E-state index in [4.69, 9.17) is 34.8 Å². The number of nitrogens with zero attached hydrogens (tertiary/aromatic N) is 3. The van der Waals surface area contributed by atoms with Crippen LogP contribution in [-0.2, 0) is 0 Å². The second kappa shape index (κ2) is 5.48. The summed E-state index contributed by atoms with van der Waals surface area (Å²) in [6.07, 6.45) is 2.67. The van der Waals surface area contributed by atoms with E-state index in [0.717, 1.165) is 0 Å². The highest BCUT2D eigenvalue weighted by atomic mass is 35.5. The number of amides is 1. The van der Waals surface area contributed by atoms with Crippen LogP contribution >= 0.6 is 34.8 Å². The maximum atomic E-state index is 11.9. The van der Waals surface area contributed by atoms with E-state index < -0.39 is 5.91 Å². The van der Waals surface area contributed by atoms with Gasteiger partial charge in [0.15, 0.2) is 10.3 Å². The van der Waals surface area contributed by atoms with Crippen LogP contribution in [0.2, 0.25) is 15.5 Å². The van der Waals surface area contributed by atoms with Crippen LogP contribution in [0.25, 0.3) is 0 Å². The van der Waals surface area contributed by atoms with Crippen LogP contribution in [0.3, 0.4) is 0 Å². The largest absolute Gasteiger partial charge is 0.317 e. The molecule has 0 fully saturated rings. The van der Waals surface area contributed by atoms with Gasteiger partial charge in [0.25, 0.3) is 5.91 Å². The molecule has 0 spiro atoms. The summed E-state index contributed by atoms with van der Waals surface area (Å²) < 4.78 is 0. The van der Waals surface area contributed by atoms with Crippen molar-refractivity contribution in [3.63, 3.8) is 0 Å². The second-order valence-corrected chi connectivity index (χ2v) is 4.20. The van der Waals surface area contributed by atoms with E-state index in [2.05, 4.69) is 20.3 Å². The first kappa shape index (κ1) is 13.0. The highest BCUT2D eigenvalue weighted by molar-refractivity contribution is 6.39. The van der Waals surface area contributed by atoms with E-state index in [9.17, 15) is 4.79 Å². The van der Waals surface area contributed by atoms with Gasteiger partial charge in [0.1, 0.15) is 17.2 Å². The Bertz CT molecular complexity index is 585. The van der Waals surface area contributed by atoms with Crippen LogP contribution in [0.5, 0.6) is 0 Å². The molecule has 92 valence electrons. The lowest BCUT2D eigenvalue weighted by atomic mass is 10.2. The van der Waals surface area contributed by atoms with Crippen LogP contribution in [0.1, 0.15) is 10.4 Å². The first-order valence-corrected chi connectivity index (χ1v) is 5.81. The molecule has 0 bridgehead atoms. The zero-order valence-electron chi connectivity index (χ0n) is 8.69. The summed E-state index contributed by atoms with van der Waals surface area (Å²) in [5.74, 6) is -0.494. The Morgan fingerprint density at radius 3 is 2.33 bits per heavy atom. The third-order valence-corrected chi connectivity index (χ3v) is 2.87. The van der Waals surface area contributed by atoms with E-state index in [0.29, 0.717) is 0 Å². The molecular formula is C10H5Cl3N4O. The lowest BCUT2D eigenvalue weighted by Crippen LogP contribution is -2.14. The van der Waals surface area contributed by atoms with Crippen molar-refractivity contribution in [1.82, 2.24) is 15.0 Å². The predicted octanol–water partition coefficient (Wildman–Crippen LogP) is 3.08. The first-order valence-electron chi connectivity index (χ1n) is 4.67. The average Bonchev–Trinajstić information content (AvgIpc) is 2.34. The van der Waals surface area contributed by atoms with Crippen molar-refractivity contribution in [2.75, 3.05) is 5.32 Å². The van der Waals surface area contributed by atoms with Gasteiger partial charge in [-0.05, 0) is 12.1 Å². The minimum atomic E-state index is -0.494. The quantitative estimate of drug-likeness (QED) is 0.684. The SMILES string of the molecule is O=C(Nc1c(Cl)ncnc1Cl)c1cccnc1Cl. The fourth-order valence-corrected chi connectivity index (χ4v) is 1.80. The molecule has 18 heavy (non-hydrogen) atoms. The van der Waals surface area contributed by atoms with Crippen molar-refractivity contribution in [3.05, 3.63) is 45.7 Å². The Morgan fingerprint density at radius 1 is 1.06 bits per heavy atom. The van der Waals surface area contributed by atoms with Crippen molar-refractivity contribution in [3.8, 4) is 0 Å². The van der Waals surface area contributed by atoms with Gasteiger partial charge in [-0.1, -0.05) is 34.8 Å². The molecule has 2 rings (SSSR count). The third-order valence-electron chi connectivity index (χ3n) is 2.00. The monoisotopic (exact) mass is 302 g/mol. The van der Waals surface area contributed by atoms with Crippen LogP contribution in [0.15, 0.2) is 24.7 Å². The minimum Gasteiger partial charge on any atom is -0.317 e. The summed E-state index contributed by atoms with van der Waals surface area (Å²) in [4.78, 5) is 23.2. The number of anilines is 1. The molecule has 0 unspecified atom stereocenters. The number of rotatable bonds is 2. The molecule has 8 heteroatoms. The molecule has 0 saturated carbocycles. The average molecular weight is 304 g/mol. The van der Waals surface area contributed by atoms with E-state index in [1.807, 2.05) is 0 Å². The van der Waals surface area contributed by atoms with Crippen LogP contribution in [-0.4, -0.2) is 20.9 Å². The zero-order valence-corrected chi connectivity index (χ0v) is 11.0. The Balaban J connectivity index is 2.30. The van der Waals surface area contributed by atoms with Gasteiger partial charge >= 0.3 is 0 Å². The number of nitrogens with one attached hydrogen (secondary N) is 1. The number of carbonyl (C=O) groups excluding carboxylic acids is 1. The Kier molecular flexibility index (Phi) is 3.96. The van der Waals surface area contributed by atoms with Crippen LogP contribution < -0.4 is 5.32 Å². The number of hydrogen-bond acceptors (Lipinski definition) is 4. The van der Waals surface area contributed by atoms with Crippen LogP contribution in [0, 0.1) is 0 Å². The standard InChI is InChI=1S/C10H5Cl3N4O/c11-7-5(2-1-3-14-7)10(18)17-6-8(12)15-4-16-9(6)13/h1-4H,(H,17,18). The molecule has 2 aromatic rings. The highest BCUT2D eigenvalue weighted by Gasteiger charge is 2.15.